The number of anilines is 4. The third kappa shape index (κ3) is 4.51. The summed E-state index contributed by atoms with van der Waals surface area (Å²) in [7, 11) is 0. The Morgan fingerprint density at radius 2 is 0.727 bits per heavy atom. The van der Waals surface area contributed by atoms with Crippen molar-refractivity contribution < 1.29 is 0 Å². The SMILES string of the molecule is Cc1cc(C(c2ccc(N)cc2)C(c2ccc(N)c(C)c2)c2ccc(N)c(C)c2)ccc1N. The lowest BCUT2D eigenvalue weighted by Gasteiger charge is -2.31. The van der Waals surface area contributed by atoms with Gasteiger partial charge in [0.25, 0.3) is 0 Å². The van der Waals surface area contributed by atoms with Crippen LogP contribution in [0, 0.1) is 20.8 Å². The van der Waals surface area contributed by atoms with E-state index in [1.165, 1.54) is 22.3 Å². The van der Waals surface area contributed by atoms with Crippen LogP contribution in [0.2, 0.25) is 0 Å². The smallest absolute Gasteiger partial charge is 0.0343 e. The zero-order valence-corrected chi connectivity index (χ0v) is 19.5. The largest absolute Gasteiger partial charge is 0.399 e. The molecule has 0 saturated heterocycles. The highest BCUT2D eigenvalue weighted by molar-refractivity contribution is 5.57. The normalized spacial score (nSPS) is 12.1. The van der Waals surface area contributed by atoms with Gasteiger partial charge in [0, 0.05) is 34.6 Å². The standard InChI is InChI=1S/C29H32N4/c1-17-14-21(6-11-25(17)31)28(20-4-9-24(30)10-5-20)29(22-7-12-26(32)18(2)15-22)23-8-13-27(33)19(3)16-23/h4-16,28-29H,30-33H2,1-3H3. The van der Waals surface area contributed by atoms with E-state index in [1.54, 1.807) is 0 Å². The van der Waals surface area contributed by atoms with E-state index in [-0.39, 0.29) is 11.8 Å². The maximum atomic E-state index is 6.18. The van der Waals surface area contributed by atoms with Crippen molar-refractivity contribution in [2.75, 3.05) is 22.9 Å². The van der Waals surface area contributed by atoms with Gasteiger partial charge in [0.2, 0.25) is 0 Å². The van der Waals surface area contributed by atoms with Gasteiger partial charge in [0.05, 0.1) is 0 Å². The van der Waals surface area contributed by atoms with Gasteiger partial charge in [-0.15, -0.1) is 0 Å². The zero-order chi connectivity index (χ0) is 23.7. The molecule has 1 atom stereocenters. The van der Waals surface area contributed by atoms with Gasteiger partial charge in [-0.2, -0.15) is 0 Å². The topological polar surface area (TPSA) is 104 Å². The second-order valence-corrected chi connectivity index (χ2v) is 8.97. The number of nitrogen functional groups attached to an aromatic ring is 4. The molecule has 168 valence electrons. The number of benzene rings is 4. The molecule has 4 rings (SSSR count). The number of aryl methyl sites for hydroxylation is 3. The molecule has 0 amide bonds. The van der Waals surface area contributed by atoms with Crippen LogP contribution in [0.5, 0.6) is 0 Å². The Morgan fingerprint density at radius 3 is 1.06 bits per heavy atom. The second kappa shape index (κ2) is 8.91. The lowest BCUT2D eigenvalue weighted by molar-refractivity contribution is 0.693. The van der Waals surface area contributed by atoms with Crippen molar-refractivity contribution >= 4 is 22.7 Å². The molecule has 0 radical (unpaired) electrons. The maximum Gasteiger partial charge on any atom is 0.0343 e. The molecule has 0 spiro atoms. The molecule has 4 aromatic rings. The molecule has 0 aromatic heterocycles. The van der Waals surface area contributed by atoms with E-state index < -0.39 is 0 Å². The summed E-state index contributed by atoms with van der Waals surface area (Å²) in [5.74, 6) is 0.0752. The van der Waals surface area contributed by atoms with E-state index in [0.29, 0.717) is 0 Å². The molecule has 0 heterocycles. The summed E-state index contributed by atoms with van der Waals surface area (Å²) in [6, 6.07) is 27.1. The average Bonchev–Trinajstić information content (AvgIpc) is 2.79. The lowest BCUT2D eigenvalue weighted by Crippen LogP contribution is -2.16. The van der Waals surface area contributed by atoms with E-state index in [9.17, 15) is 0 Å². The molecule has 4 nitrogen and oxygen atoms in total. The van der Waals surface area contributed by atoms with Crippen LogP contribution < -0.4 is 22.9 Å². The Balaban J connectivity index is 2.01. The summed E-state index contributed by atoms with van der Waals surface area (Å²) in [6.07, 6.45) is 0. The summed E-state index contributed by atoms with van der Waals surface area (Å²) in [4.78, 5) is 0. The average molecular weight is 437 g/mol. The fourth-order valence-electron chi connectivity index (χ4n) is 4.54. The first kappa shape index (κ1) is 22.3. The third-order valence-electron chi connectivity index (χ3n) is 6.59. The lowest BCUT2D eigenvalue weighted by atomic mass is 9.73. The van der Waals surface area contributed by atoms with E-state index in [4.69, 9.17) is 22.9 Å². The predicted octanol–water partition coefficient (Wildman–Crippen LogP) is 5.90. The maximum absolute atomic E-state index is 6.18. The van der Waals surface area contributed by atoms with Crippen LogP contribution in [-0.4, -0.2) is 0 Å². The quantitative estimate of drug-likeness (QED) is 0.292. The van der Waals surface area contributed by atoms with Crippen LogP contribution in [0.15, 0.2) is 78.9 Å². The van der Waals surface area contributed by atoms with Gasteiger partial charge in [-0.1, -0.05) is 48.5 Å². The van der Waals surface area contributed by atoms with Crippen molar-refractivity contribution in [3.8, 4) is 0 Å². The van der Waals surface area contributed by atoms with Gasteiger partial charge < -0.3 is 22.9 Å². The fraction of sp³-hybridized carbons (Fsp3) is 0.172. The zero-order valence-electron chi connectivity index (χ0n) is 19.5. The van der Waals surface area contributed by atoms with Crippen LogP contribution in [-0.2, 0) is 0 Å². The molecule has 0 fully saturated rings. The predicted molar refractivity (Wildman–Crippen MR) is 141 cm³/mol. The van der Waals surface area contributed by atoms with Gasteiger partial charge in [0.15, 0.2) is 0 Å². The van der Waals surface area contributed by atoms with E-state index in [0.717, 1.165) is 39.4 Å². The Hall–Kier alpha value is -3.92. The third-order valence-corrected chi connectivity index (χ3v) is 6.59. The Morgan fingerprint density at radius 1 is 0.424 bits per heavy atom. The Kier molecular flexibility index (Phi) is 6.01. The van der Waals surface area contributed by atoms with Crippen LogP contribution in [0.3, 0.4) is 0 Å². The molecule has 0 saturated carbocycles. The molecule has 33 heavy (non-hydrogen) atoms. The fourth-order valence-corrected chi connectivity index (χ4v) is 4.54. The van der Waals surface area contributed by atoms with Crippen LogP contribution >= 0.6 is 0 Å². The molecular formula is C29H32N4. The van der Waals surface area contributed by atoms with Crippen molar-refractivity contribution in [2.24, 2.45) is 0 Å². The van der Waals surface area contributed by atoms with Crippen molar-refractivity contribution in [3.05, 3.63) is 118 Å². The van der Waals surface area contributed by atoms with Gasteiger partial charge in [-0.25, -0.2) is 0 Å². The first-order valence-electron chi connectivity index (χ1n) is 11.2. The minimum absolute atomic E-state index is 0.0373. The number of rotatable bonds is 5. The molecule has 0 aliphatic rings. The summed E-state index contributed by atoms with van der Waals surface area (Å²) in [5.41, 5.74) is 35.6. The minimum Gasteiger partial charge on any atom is -0.399 e. The first-order valence-corrected chi connectivity index (χ1v) is 11.2. The number of hydrogen-bond acceptors (Lipinski definition) is 4. The summed E-state index contributed by atoms with van der Waals surface area (Å²) in [6.45, 7) is 6.15. The van der Waals surface area contributed by atoms with Crippen molar-refractivity contribution in [3.63, 3.8) is 0 Å². The number of hydrogen-bond donors (Lipinski definition) is 4. The summed E-state index contributed by atoms with van der Waals surface area (Å²) < 4.78 is 0. The molecule has 4 heteroatoms. The summed E-state index contributed by atoms with van der Waals surface area (Å²) >= 11 is 0. The van der Waals surface area contributed by atoms with Crippen LogP contribution in [0.4, 0.5) is 22.7 Å². The van der Waals surface area contributed by atoms with E-state index in [1.807, 2.05) is 30.3 Å². The molecule has 4 aromatic carbocycles. The highest BCUT2D eigenvalue weighted by Crippen LogP contribution is 2.44. The van der Waals surface area contributed by atoms with Crippen molar-refractivity contribution in [1.29, 1.82) is 0 Å². The molecule has 0 aliphatic carbocycles. The van der Waals surface area contributed by atoms with Crippen LogP contribution in [0.25, 0.3) is 0 Å². The molecular weight excluding hydrogens is 404 g/mol. The number of nitrogens with two attached hydrogens (primary N) is 4. The molecule has 0 aliphatic heterocycles. The van der Waals surface area contributed by atoms with Gasteiger partial charge in [-0.3, -0.25) is 0 Å². The second-order valence-electron chi connectivity index (χ2n) is 8.97. The van der Waals surface area contributed by atoms with E-state index in [2.05, 4.69) is 69.3 Å². The van der Waals surface area contributed by atoms with Gasteiger partial charge in [0.1, 0.15) is 0 Å². The minimum atomic E-state index is 0.0373. The molecule has 0 bridgehead atoms. The Labute approximate surface area is 196 Å². The first-order chi connectivity index (χ1) is 15.7. The molecule has 1 unspecified atom stereocenters. The molecule has 8 N–H and O–H groups in total. The van der Waals surface area contributed by atoms with Gasteiger partial charge in [-0.05, 0) is 90.0 Å². The highest BCUT2D eigenvalue weighted by Gasteiger charge is 2.29. The van der Waals surface area contributed by atoms with Crippen molar-refractivity contribution in [2.45, 2.75) is 32.6 Å². The van der Waals surface area contributed by atoms with Crippen molar-refractivity contribution in [1.82, 2.24) is 0 Å². The monoisotopic (exact) mass is 436 g/mol. The summed E-state index contributed by atoms with van der Waals surface area (Å²) in [5, 5.41) is 0. The Bertz CT molecular complexity index is 1240. The van der Waals surface area contributed by atoms with Crippen LogP contribution in [0.1, 0.15) is 50.8 Å². The van der Waals surface area contributed by atoms with Gasteiger partial charge >= 0.3 is 0 Å². The highest BCUT2D eigenvalue weighted by atomic mass is 14.6. The van der Waals surface area contributed by atoms with E-state index >= 15 is 0 Å².